The summed E-state index contributed by atoms with van der Waals surface area (Å²) in [6.07, 6.45) is -0.347. The van der Waals surface area contributed by atoms with E-state index in [4.69, 9.17) is 40.5 Å². The summed E-state index contributed by atoms with van der Waals surface area (Å²) in [7, 11) is -2.26. The lowest BCUT2D eigenvalue weighted by atomic mass is 10.1. The molecule has 5 heterocycles. The Hall–Kier alpha value is -2.88. The Balaban J connectivity index is 1.29. The highest BCUT2D eigenvalue weighted by Crippen LogP contribution is 2.34. The molecular weight excluding hydrogens is 634 g/mol. The van der Waals surface area contributed by atoms with Gasteiger partial charge in [-0.15, -0.1) is 0 Å². The van der Waals surface area contributed by atoms with E-state index in [1.165, 1.54) is 0 Å². The van der Waals surface area contributed by atoms with Crippen molar-refractivity contribution < 1.29 is 28.3 Å². The first-order valence-corrected chi connectivity index (χ1v) is 20.6. The Kier molecular flexibility index (Phi) is 9.07. The van der Waals surface area contributed by atoms with E-state index < -0.39 is 36.1 Å². The number of hydrogen-bond donors (Lipinski definition) is 2. The number of nitrogens with zero attached hydrogens (tertiary/aromatic N) is 4. The average molecular weight is 672 g/mol. The van der Waals surface area contributed by atoms with Gasteiger partial charge in [-0.05, 0) is 37.2 Å². The molecule has 45 heavy (non-hydrogen) atoms. The van der Waals surface area contributed by atoms with Crippen LogP contribution in [0.4, 0.5) is 0 Å². The van der Waals surface area contributed by atoms with Crippen molar-refractivity contribution in [2.24, 2.45) is 0 Å². The Morgan fingerprint density at radius 1 is 1.11 bits per heavy atom. The Bertz CT molecular complexity index is 1780. The van der Waals surface area contributed by atoms with Gasteiger partial charge in [0, 0.05) is 32.0 Å². The van der Waals surface area contributed by atoms with Gasteiger partial charge >= 0.3 is 6.01 Å². The van der Waals surface area contributed by atoms with Crippen LogP contribution in [0.15, 0.2) is 53.6 Å². The third-order valence-corrected chi connectivity index (χ3v) is 11.7. The van der Waals surface area contributed by atoms with Crippen LogP contribution in [0.3, 0.4) is 0 Å². The van der Waals surface area contributed by atoms with Crippen molar-refractivity contribution in [2.45, 2.75) is 61.7 Å². The first kappa shape index (κ1) is 32.1. The lowest BCUT2D eigenvalue weighted by Crippen LogP contribution is -2.35. The molecule has 0 bridgehead atoms. The second-order valence-electron chi connectivity index (χ2n) is 12.5. The van der Waals surface area contributed by atoms with Crippen LogP contribution in [0.25, 0.3) is 33.7 Å². The van der Waals surface area contributed by atoms with Crippen LogP contribution in [0.5, 0.6) is 6.01 Å². The van der Waals surface area contributed by atoms with Gasteiger partial charge in [-0.1, -0.05) is 55.5 Å². The second kappa shape index (κ2) is 12.7. The van der Waals surface area contributed by atoms with E-state index in [0.717, 1.165) is 22.9 Å². The molecule has 2 aliphatic rings. The molecule has 4 aromatic rings. The van der Waals surface area contributed by atoms with Gasteiger partial charge in [0.1, 0.15) is 30.6 Å². The topological polar surface area (TPSA) is 130 Å². The van der Waals surface area contributed by atoms with Crippen molar-refractivity contribution in [3.63, 3.8) is 0 Å². The van der Waals surface area contributed by atoms with Crippen LogP contribution in [0, 0.1) is 0 Å². The van der Waals surface area contributed by atoms with Crippen LogP contribution in [0.1, 0.15) is 0 Å². The molecule has 0 amide bonds. The minimum Gasteiger partial charge on any atom is -0.456 e. The summed E-state index contributed by atoms with van der Waals surface area (Å²) in [5.74, 6) is 3.73. The fourth-order valence-electron chi connectivity index (χ4n) is 5.29. The quantitative estimate of drug-likeness (QED) is 0.137. The highest BCUT2D eigenvalue weighted by Gasteiger charge is 2.49. The molecule has 5 atom stereocenters. The summed E-state index contributed by atoms with van der Waals surface area (Å²) < 4.78 is 41.0. The van der Waals surface area contributed by atoms with E-state index >= 15 is 0 Å². The molecule has 2 N–H and O–H groups in total. The Morgan fingerprint density at radius 3 is 2.53 bits per heavy atom. The molecule has 2 fully saturated rings. The number of aliphatic hydroxyl groups is 1. The summed E-state index contributed by atoms with van der Waals surface area (Å²) in [6, 6.07) is 14.5. The van der Waals surface area contributed by atoms with Gasteiger partial charge in [0.15, 0.2) is 11.8 Å². The fourth-order valence-corrected chi connectivity index (χ4v) is 7.05. The third kappa shape index (κ3) is 6.81. The van der Waals surface area contributed by atoms with Gasteiger partial charge in [0.25, 0.3) is 0 Å². The van der Waals surface area contributed by atoms with Crippen molar-refractivity contribution in [3.8, 4) is 28.5 Å². The first-order chi connectivity index (χ1) is 21.4. The normalized spacial score (nSPS) is 22.9. The van der Waals surface area contributed by atoms with Gasteiger partial charge in [-0.2, -0.15) is 4.98 Å². The minimum absolute atomic E-state index is 0.198. The average Bonchev–Trinajstić information content (AvgIpc) is 3.69. The van der Waals surface area contributed by atoms with Crippen molar-refractivity contribution in [3.05, 3.63) is 53.7 Å². The van der Waals surface area contributed by atoms with E-state index in [-0.39, 0.29) is 26.0 Å². The number of ether oxygens (including phenoxy) is 4. The number of aliphatic hydroxyl groups excluding tert-OH is 1. The van der Waals surface area contributed by atoms with E-state index in [1.54, 1.807) is 25.4 Å². The van der Waals surface area contributed by atoms with Crippen LogP contribution in [0.2, 0.25) is 30.7 Å². The summed E-state index contributed by atoms with van der Waals surface area (Å²) in [5.41, 5.74) is 4.16. The summed E-state index contributed by atoms with van der Waals surface area (Å²) in [5, 5.41) is 10.6. The standard InChI is InChI=1S/C31H38ClN5O6SSi/c1-33-44(2,39)21-10-11-23(34-15-21)19-6-8-20(9-7-19)27-22(32)14-24-30(36-27)37(18-40-12-13-45(3,4)5)31(35-24)43-26-17-42-28-25(38)16-41-29(26)28/h6-11,14-15,25-26,28-29,38H,2,12-13,16-18H2,1,3-5H3,(H,33,39). The monoisotopic (exact) mass is 671 g/mol. The number of rotatable bonds is 11. The van der Waals surface area contributed by atoms with Crippen LogP contribution >= 0.6 is 11.6 Å². The molecule has 5 unspecified atom stereocenters. The Morgan fingerprint density at radius 2 is 1.84 bits per heavy atom. The zero-order valence-corrected chi connectivity index (χ0v) is 28.3. The lowest BCUT2D eigenvalue weighted by molar-refractivity contribution is 0.00336. The van der Waals surface area contributed by atoms with Crippen LogP contribution < -0.4 is 9.46 Å². The molecular formula is C31H38ClN5O6SSi. The SMILES string of the molecule is C=S(=O)(NC)c1ccc(-c2ccc(-c3nc4c(cc3Cl)nc(OC3COC5C(O)COC35)n4COCC[Si](C)(C)C)cc2)nc1. The van der Waals surface area contributed by atoms with E-state index in [9.17, 15) is 9.32 Å². The molecule has 2 saturated heterocycles. The molecule has 0 radical (unpaired) electrons. The van der Waals surface area contributed by atoms with E-state index in [1.807, 2.05) is 34.9 Å². The zero-order chi connectivity index (χ0) is 31.9. The maximum Gasteiger partial charge on any atom is 0.301 e. The number of imidazole rings is 1. The highest BCUT2D eigenvalue weighted by atomic mass is 35.5. The Labute approximate surface area is 269 Å². The maximum atomic E-state index is 12.5. The highest BCUT2D eigenvalue weighted by molar-refractivity contribution is 7.98. The molecule has 3 aromatic heterocycles. The van der Waals surface area contributed by atoms with E-state index in [2.05, 4.69) is 35.2 Å². The van der Waals surface area contributed by atoms with Gasteiger partial charge in [-0.25, -0.2) is 13.9 Å². The maximum absolute atomic E-state index is 12.5. The number of halogens is 1. The number of pyridine rings is 2. The van der Waals surface area contributed by atoms with Crippen molar-refractivity contribution >= 4 is 46.4 Å². The van der Waals surface area contributed by atoms with Gasteiger partial charge in [-0.3, -0.25) is 9.55 Å². The molecule has 0 aliphatic carbocycles. The molecule has 0 saturated carbocycles. The number of hydrogen-bond acceptors (Lipinski definition) is 9. The summed E-state index contributed by atoms with van der Waals surface area (Å²) >= 11 is 6.77. The molecule has 240 valence electrons. The molecule has 1 aromatic carbocycles. The molecule has 0 spiro atoms. The van der Waals surface area contributed by atoms with Crippen molar-refractivity contribution in [1.82, 2.24) is 24.2 Å². The molecule has 2 aliphatic heterocycles. The fraction of sp³-hybridized carbons (Fsp3) is 0.419. The summed E-state index contributed by atoms with van der Waals surface area (Å²) in [4.78, 5) is 14.7. The van der Waals surface area contributed by atoms with E-state index in [0.29, 0.717) is 39.4 Å². The summed E-state index contributed by atoms with van der Waals surface area (Å²) in [6.45, 7) is 8.21. The zero-order valence-electron chi connectivity index (χ0n) is 25.7. The smallest absolute Gasteiger partial charge is 0.301 e. The largest absolute Gasteiger partial charge is 0.456 e. The van der Waals surface area contributed by atoms with Gasteiger partial charge in [0.2, 0.25) is 0 Å². The lowest BCUT2D eigenvalue weighted by Gasteiger charge is -2.19. The predicted octanol–water partition coefficient (Wildman–Crippen LogP) is 4.24. The first-order valence-electron chi connectivity index (χ1n) is 14.8. The van der Waals surface area contributed by atoms with Gasteiger partial charge in [0.05, 0.1) is 44.2 Å². The third-order valence-electron chi connectivity index (χ3n) is 8.00. The second-order valence-corrected chi connectivity index (χ2v) is 20.7. The van der Waals surface area contributed by atoms with Crippen LogP contribution in [-0.2, 0) is 30.6 Å². The minimum atomic E-state index is -2.57. The number of fused-ring (bicyclic) bond motifs is 2. The molecule has 14 heteroatoms. The molecule has 11 nitrogen and oxygen atoms in total. The van der Waals surface area contributed by atoms with Crippen molar-refractivity contribution in [1.29, 1.82) is 0 Å². The molecule has 6 rings (SSSR count). The van der Waals surface area contributed by atoms with Crippen molar-refractivity contribution in [2.75, 3.05) is 26.9 Å². The predicted molar refractivity (Wildman–Crippen MR) is 178 cm³/mol. The number of aromatic nitrogens is 4. The number of benzene rings is 1. The number of nitrogens with one attached hydrogen (secondary N) is 1. The van der Waals surface area contributed by atoms with Gasteiger partial charge < -0.3 is 24.1 Å². The van der Waals surface area contributed by atoms with Crippen LogP contribution in [-0.4, -0.2) is 94.1 Å².